The second-order valence-electron chi connectivity index (χ2n) is 5.86. The molecule has 1 amide bonds. The molecule has 0 saturated carbocycles. The quantitative estimate of drug-likeness (QED) is 0.505. The minimum atomic E-state index is -1.19. The van der Waals surface area contributed by atoms with E-state index in [4.69, 9.17) is 12.2 Å². The maximum Gasteiger partial charge on any atom is 0.352 e. The molecule has 8 heteroatoms. The predicted molar refractivity (Wildman–Crippen MR) is 99.1 cm³/mol. The minimum absolute atomic E-state index is 0.0931. The van der Waals surface area contributed by atoms with Crippen LogP contribution >= 0.6 is 24.0 Å². The summed E-state index contributed by atoms with van der Waals surface area (Å²) in [4.78, 5) is 25.7. The zero-order valence-electron chi connectivity index (χ0n) is 13.3. The third-order valence-electron chi connectivity index (χ3n) is 4.24. The Bertz CT molecular complexity index is 735. The number of hydrogen-bond acceptors (Lipinski definition) is 5. The fourth-order valence-electron chi connectivity index (χ4n) is 2.95. The van der Waals surface area contributed by atoms with Crippen molar-refractivity contribution in [3.8, 4) is 0 Å². The molecule has 2 aliphatic rings. The van der Waals surface area contributed by atoms with Gasteiger partial charge in [0, 0.05) is 12.2 Å². The number of aliphatic carboxylic acids is 1. The molecule has 2 atom stereocenters. The van der Waals surface area contributed by atoms with Gasteiger partial charge in [-0.2, -0.15) is 0 Å². The van der Waals surface area contributed by atoms with Crippen molar-refractivity contribution in [1.82, 2.24) is 10.2 Å². The number of aryl methyl sites for hydroxylation is 1. The standard InChI is InChI=1S/C17H18N2O4S2/c20-8-11-9-25-16-13(15(21)19(16)14(11)17(22)23)18-12(24)7-6-10-4-2-1-3-5-10/h1-5,13,16,20H,6-9H2,(H,18,24)(H,22,23)/t13?,16-/m1/s1. The molecule has 2 aliphatic heterocycles. The van der Waals surface area contributed by atoms with E-state index in [2.05, 4.69) is 5.32 Å². The lowest BCUT2D eigenvalue weighted by Crippen LogP contribution is -2.70. The number of carboxylic acids is 1. The number of hydrogen-bond donors (Lipinski definition) is 3. The van der Waals surface area contributed by atoms with Crippen LogP contribution in [0, 0.1) is 0 Å². The van der Waals surface area contributed by atoms with Crippen LogP contribution in [-0.4, -0.2) is 55.8 Å². The molecule has 1 saturated heterocycles. The first-order valence-corrected chi connectivity index (χ1v) is 9.32. The number of benzene rings is 1. The van der Waals surface area contributed by atoms with E-state index in [0.717, 1.165) is 6.42 Å². The van der Waals surface area contributed by atoms with Gasteiger partial charge in [0.2, 0.25) is 0 Å². The van der Waals surface area contributed by atoms with Gasteiger partial charge in [0.15, 0.2) is 0 Å². The van der Waals surface area contributed by atoms with Crippen LogP contribution in [0.5, 0.6) is 0 Å². The number of thioether (sulfide) groups is 1. The van der Waals surface area contributed by atoms with Crippen molar-refractivity contribution in [2.24, 2.45) is 0 Å². The van der Waals surface area contributed by atoms with E-state index >= 15 is 0 Å². The van der Waals surface area contributed by atoms with Crippen molar-refractivity contribution in [1.29, 1.82) is 0 Å². The molecule has 0 aliphatic carbocycles. The normalized spacial score (nSPS) is 22.3. The van der Waals surface area contributed by atoms with Gasteiger partial charge in [0.25, 0.3) is 5.91 Å². The fourth-order valence-corrected chi connectivity index (χ4v) is 4.52. The Morgan fingerprint density at radius 1 is 1.36 bits per heavy atom. The van der Waals surface area contributed by atoms with Crippen LogP contribution in [0.25, 0.3) is 0 Å². The zero-order valence-corrected chi connectivity index (χ0v) is 15.0. The van der Waals surface area contributed by atoms with Gasteiger partial charge in [0.05, 0.1) is 11.6 Å². The van der Waals surface area contributed by atoms with Gasteiger partial charge in [-0.15, -0.1) is 11.8 Å². The molecule has 3 rings (SSSR count). The van der Waals surface area contributed by atoms with E-state index in [1.165, 1.54) is 22.2 Å². The third-order valence-corrected chi connectivity index (χ3v) is 5.90. The first-order valence-electron chi connectivity index (χ1n) is 7.87. The highest BCUT2D eigenvalue weighted by Gasteiger charge is 2.53. The molecule has 0 aromatic heterocycles. The summed E-state index contributed by atoms with van der Waals surface area (Å²) in [5.74, 6) is -1.11. The van der Waals surface area contributed by atoms with Crippen LogP contribution in [-0.2, 0) is 16.0 Å². The lowest BCUT2D eigenvalue weighted by atomic mass is 10.0. The molecule has 0 radical (unpaired) electrons. The number of carboxylic acid groups (broad SMARTS) is 1. The summed E-state index contributed by atoms with van der Waals surface area (Å²) < 4.78 is 0. The Morgan fingerprint density at radius 2 is 2.08 bits per heavy atom. The molecule has 132 valence electrons. The van der Waals surface area contributed by atoms with Crippen LogP contribution < -0.4 is 5.32 Å². The Kier molecular flexibility index (Phi) is 5.41. The number of aliphatic hydroxyl groups is 1. The van der Waals surface area contributed by atoms with Crippen LogP contribution in [0.4, 0.5) is 0 Å². The summed E-state index contributed by atoms with van der Waals surface area (Å²) in [5, 5.41) is 21.4. The molecule has 25 heavy (non-hydrogen) atoms. The maximum atomic E-state index is 12.4. The third kappa shape index (κ3) is 3.56. The molecule has 0 spiro atoms. The molecule has 3 N–H and O–H groups in total. The number of thiocarbonyl (C=S) groups is 1. The summed E-state index contributed by atoms with van der Waals surface area (Å²) in [6.07, 6.45) is 1.41. The molecule has 1 unspecified atom stereocenters. The molecular weight excluding hydrogens is 360 g/mol. The van der Waals surface area contributed by atoms with Gasteiger partial charge in [0.1, 0.15) is 17.1 Å². The first kappa shape index (κ1) is 17.9. The number of aliphatic hydroxyl groups excluding tert-OH is 1. The summed E-state index contributed by atoms with van der Waals surface area (Å²) in [6.45, 7) is -0.362. The second kappa shape index (κ2) is 7.55. The molecule has 0 bridgehead atoms. The zero-order chi connectivity index (χ0) is 18.0. The molecule has 2 heterocycles. The van der Waals surface area contributed by atoms with Gasteiger partial charge < -0.3 is 15.5 Å². The fraction of sp³-hybridized carbons (Fsp3) is 0.353. The predicted octanol–water partition coefficient (Wildman–Crippen LogP) is 1.15. The van der Waals surface area contributed by atoms with E-state index in [0.29, 0.717) is 22.7 Å². The number of amides is 1. The number of fused-ring (bicyclic) bond motifs is 1. The van der Waals surface area contributed by atoms with Crippen molar-refractivity contribution in [3.05, 3.63) is 47.2 Å². The monoisotopic (exact) mass is 378 g/mol. The number of carbonyl (C=O) groups is 2. The van der Waals surface area contributed by atoms with E-state index < -0.39 is 12.0 Å². The number of nitrogens with one attached hydrogen (secondary N) is 1. The smallest absolute Gasteiger partial charge is 0.352 e. The van der Waals surface area contributed by atoms with E-state index in [1.54, 1.807) is 0 Å². The van der Waals surface area contributed by atoms with E-state index in [1.807, 2.05) is 30.3 Å². The van der Waals surface area contributed by atoms with Crippen molar-refractivity contribution in [2.45, 2.75) is 24.3 Å². The summed E-state index contributed by atoms with van der Waals surface area (Å²) >= 11 is 6.78. The van der Waals surface area contributed by atoms with Crippen LogP contribution in [0.3, 0.4) is 0 Å². The Hall–Kier alpha value is -1.90. The summed E-state index contributed by atoms with van der Waals surface area (Å²) in [6, 6.07) is 9.43. The molecular formula is C17H18N2O4S2. The molecule has 1 aromatic rings. The van der Waals surface area contributed by atoms with Gasteiger partial charge in [-0.1, -0.05) is 42.5 Å². The van der Waals surface area contributed by atoms with Gasteiger partial charge >= 0.3 is 5.97 Å². The van der Waals surface area contributed by atoms with Crippen molar-refractivity contribution in [2.75, 3.05) is 12.4 Å². The molecule has 6 nitrogen and oxygen atoms in total. The number of β-lactam (4-membered cyclic amide) rings is 1. The largest absolute Gasteiger partial charge is 0.477 e. The maximum absolute atomic E-state index is 12.4. The van der Waals surface area contributed by atoms with Crippen LogP contribution in [0.15, 0.2) is 41.6 Å². The second-order valence-corrected chi connectivity index (χ2v) is 7.45. The lowest BCUT2D eigenvalue weighted by Gasteiger charge is -2.49. The van der Waals surface area contributed by atoms with Gasteiger partial charge in [-0.25, -0.2) is 4.79 Å². The van der Waals surface area contributed by atoms with Crippen molar-refractivity contribution >= 4 is 40.8 Å². The van der Waals surface area contributed by atoms with Gasteiger partial charge in [-0.3, -0.25) is 9.69 Å². The minimum Gasteiger partial charge on any atom is -0.477 e. The topological polar surface area (TPSA) is 89.9 Å². The average molecular weight is 378 g/mol. The van der Waals surface area contributed by atoms with Gasteiger partial charge in [-0.05, 0) is 17.6 Å². The highest BCUT2D eigenvalue weighted by atomic mass is 32.2. The van der Waals surface area contributed by atoms with E-state index in [9.17, 15) is 19.8 Å². The Balaban J connectivity index is 1.61. The highest BCUT2D eigenvalue weighted by Crippen LogP contribution is 2.40. The highest BCUT2D eigenvalue weighted by molar-refractivity contribution is 8.00. The number of nitrogens with zero attached hydrogens (tertiary/aromatic N) is 1. The summed E-state index contributed by atoms with van der Waals surface area (Å²) in [7, 11) is 0. The lowest BCUT2D eigenvalue weighted by molar-refractivity contribution is -0.148. The number of rotatable bonds is 6. The molecule has 1 aromatic carbocycles. The average Bonchev–Trinajstić information content (AvgIpc) is 2.63. The summed E-state index contributed by atoms with van der Waals surface area (Å²) in [5.41, 5.74) is 1.45. The Labute approximate surface area is 154 Å². The molecule has 1 fully saturated rings. The SMILES string of the molecule is O=C(O)C1=C(CO)CS[C@@H]2C(NC(=S)CCc3ccccc3)C(=O)N12. The first-order chi connectivity index (χ1) is 12.0. The Morgan fingerprint density at radius 3 is 2.72 bits per heavy atom. The van der Waals surface area contributed by atoms with Crippen molar-refractivity contribution in [3.63, 3.8) is 0 Å². The van der Waals surface area contributed by atoms with Crippen LogP contribution in [0.2, 0.25) is 0 Å². The van der Waals surface area contributed by atoms with Crippen LogP contribution in [0.1, 0.15) is 12.0 Å². The van der Waals surface area contributed by atoms with Crippen molar-refractivity contribution < 1.29 is 19.8 Å². The number of carbonyl (C=O) groups excluding carboxylic acids is 1. The van der Waals surface area contributed by atoms with E-state index in [-0.39, 0.29) is 23.6 Å².